The predicted molar refractivity (Wildman–Crippen MR) is 122 cm³/mol. The number of carbonyl (C=O) groups excluding carboxylic acids is 3. The molecular weight excluding hydrogens is 396 g/mol. The molecule has 0 aromatic heterocycles. The first kappa shape index (κ1) is 29.0. The van der Waals surface area contributed by atoms with E-state index in [1.807, 2.05) is 0 Å². The zero-order chi connectivity index (χ0) is 23.2. The lowest BCUT2D eigenvalue weighted by Crippen LogP contribution is -2.27. The molecule has 0 aliphatic heterocycles. The van der Waals surface area contributed by atoms with Gasteiger partial charge >= 0.3 is 11.9 Å². The van der Waals surface area contributed by atoms with Crippen LogP contribution in [0.2, 0.25) is 0 Å². The summed E-state index contributed by atoms with van der Waals surface area (Å²) < 4.78 is 4.91. The summed E-state index contributed by atoms with van der Waals surface area (Å²) in [6.07, 6.45) is 19.4. The highest BCUT2D eigenvalue weighted by Crippen LogP contribution is 2.14. The van der Waals surface area contributed by atoms with E-state index in [2.05, 4.69) is 6.92 Å². The number of ether oxygens (including phenoxy) is 1. The predicted octanol–water partition coefficient (Wildman–Crippen LogP) is 5.96. The van der Waals surface area contributed by atoms with Crippen molar-refractivity contribution in [2.45, 2.75) is 122 Å². The van der Waals surface area contributed by atoms with Crippen LogP contribution in [0, 0.1) is 0 Å². The van der Waals surface area contributed by atoms with Crippen molar-refractivity contribution in [1.29, 1.82) is 0 Å². The van der Waals surface area contributed by atoms with Gasteiger partial charge in [-0.25, -0.2) is 9.59 Å². The second-order valence-corrected chi connectivity index (χ2v) is 8.17. The van der Waals surface area contributed by atoms with Gasteiger partial charge in [-0.1, -0.05) is 96.8 Å². The molecule has 0 heterocycles. The first-order chi connectivity index (χ1) is 15.0. The molecule has 1 N–H and O–H groups in total. The van der Waals surface area contributed by atoms with Crippen LogP contribution in [0.25, 0.3) is 0 Å². The Morgan fingerprint density at radius 2 is 1.19 bits per heavy atom. The normalized spacial score (nSPS) is 12.0. The molecule has 6 heteroatoms. The van der Waals surface area contributed by atoms with Crippen LogP contribution >= 0.6 is 0 Å². The van der Waals surface area contributed by atoms with Crippen LogP contribution in [0.1, 0.15) is 116 Å². The number of rotatable bonds is 22. The molecule has 0 aromatic carbocycles. The number of unbranched alkanes of at least 4 members (excludes halogenated alkanes) is 14. The molecule has 0 aromatic rings. The highest BCUT2D eigenvalue weighted by molar-refractivity contribution is 5.93. The van der Waals surface area contributed by atoms with E-state index in [4.69, 9.17) is 9.84 Å². The van der Waals surface area contributed by atoms with Crippen molar-refractivity contribution >= 4 is 24.0 Å². The van der Waals surface area contributed by atoms with Crippen molar-refractivity contribution in [1.82, 2.24) is 0 Å². The van der Waals surface area contributed by atoms with E-state index < -0.39 is 18.0 Å². The van der Waals surface area contributed by atoms with Gasteiger partial charge in [-0.05, 0) is 6.42 Å². The van der Waals surface area contributed by atoms with Crippen molar-refractivity contribution < 1.29 is 29.0 Å². The van der Waals surface area contributed by atoms with Crippen molar-refractivity contribution in [3.8, 4) is 0 Å². The summed E-state index contributed by atoms with van der Waals surface area (Å²) in [5.74, 6) is -2.51. The topological polar surface area (TPSA) is 97.7 Å². The summed E-state index contributed by atoms with van der Waals surface area (Å²) in [6, 6.07) is 0. The zero-order valence-electron chi connectivity index (χ0n) is 19.3. The van der Waals surface area contributed by atoms with Crippen LogP contribution in [0.15, 0.2) is 12.2 Å². The van der Waals surface area contributed by atoms with E-state index in [1.54, 1.807) is 0 Å². The zero-order valence-corrected chi connectivity index (χ0v) is 19.3. The maximum atomic E-state index is 12.2. The van der Waals surface area contributed by atoms with Gasteiger partial charge in [0.2, 0.25) is 0 Å². The molecular formula is C25H42O6. The molecule has 178 valence electrons. The summed E-state index contributed by atoms with van der Waals surface area (Å²) >= 11 is 0. The summed E-state index contributed by atoms with van der Waals surface area (Å²) in [6.45, 7) is 2.25. The van der Waals surface area contributed by atoms with E-state index in [-0.39, 0.29) is 18.6 Å². The fraction of sp³-hybridized carbons (Fsp3) is 0.760. The molecule has 0 radical (unpaired) electrons. The number of hydrogen-bond acceptors (Lipinski definition) is 5. The van der Waals surface area contributed by atoms with Crippen molar-refractivity contribution in [3.05, 3.63) is 12.2 Å². The Kier molecular flexibility index (Phi) is 19.9. The Labute approximate surface area is 187 Å². The average molecular weight is 439 g/mol. The maximum absolute atomic E-state index is 12.2. The molecule has 0 spiro atoms. The SMILES string of the molecule is CCCCCCCCCCCCCCCCCC(=O)C(CC=O)OC(=O)/C=C/C(=O)O. The van der Waals surface area contributed by atoms with Crippen molar-refractivity contribution in [2.75, 3.05) is 0 Å². The van der Waals surface area contributed by atoms with E-state index in [1.165, 1.54) is 70.6 Å². The Bertz CT molecular complexity index is 526. The minimum Gasteiger partial charge on any atom is -0.478 e. The molecule has 0 bridgehead atoms. The van der Waals surface area contributed by atoms with Gasteiger partial charge in [-0.15, -0.1) is 0 Å². The standard InChI is InChI=1S/C25H42O6/c1-2-3-4-5-6-7-8-9-10-11-12-13-14-15-16-17-22(27)23(20-21-26)31-25(30)19-18-24(28)29/h18-19,21,23H,2-17,20H2,1H3,(H,28,29)/b19-18+. The van der Waals surface area contributed by atoms with Gasteiger partial charge in [0, 0.05) is 25.0 Å². The molecule has 0 aliphatic carbocycles. The van der Waals surface area contributed by atoms with Gasteiger partial charge in [-0.2, -0.15) is 0 Å². The second-order valence-electron chi connectivity index (χ2n) is 8.17. The Morgan fingerprint density at radius 1 is 0.742 bits per heavy atom. The lowest BCUT2D eigenvalue weighted by atomic mass is 10.0. The number of aliphatic carboxylic acids is 1. The molecule has 0 aliphatic rings. The number of carboxylic acid groups (broad SMARTS) is 1. The molecule has 0 amide bonds. The molecule has 0 rings (SSSR count). The maximum Gasteiger partial charge on any atom is 0.331 e. The number of carboxylic acids is 1. The van der Waals surface area contributed by atoms with E-state index in [0.29, 0.717) is 18.8 Å². The number of aldehydes is 1. The number of ketones is 1. The van der Waals surface area contributed by atoms with E-state index in [0.717, 1.165) is 25.3 Å². The quantitative estimate of drug-likeness (QED) is 0.0969. The molecule has 6 nitrogen and oxygen atoms in total. The summed E-state index contributed by atoms with van der Waals surface area (Å²) in [5, 5.41) is 8.49. The molecule has 1 atom stereocenters. The Balaban J connectivity index is 3.68. The van der Waals surface area contributed by atoms with Crippen LogP contribution < -0.4 is 0 Å². The van der Waals surface area contributed by atoms with Crippen molar-refractivity contribution in [2.24, 2.45) is 0 Å². The average Bonchev–Trinajstić information content (AvgIpc) is 2.74. The van der Waals surface area contributed by atoms with Gasteiger partial charge < -0.3 is 14.6 Å². The number of hydrogen-bond donors (Lipinski definition) is 1. The summed E-state index contributed by atoms with van der Waals surface area (Å²) in [5.41, 5.74) is 0. The third-order valence-electron chi connectivity index (χ3n) is 5.32. The number of esters is 1. The smallest absolute Gasteiger partial charge is 0.331 e. The second kappa shape index (κ2) is 21.3. The first-order valence-electron chi connectivity index (χ1n) is 12.1. The van der Waals surface area contributed by atoms with Crippen LogP contribution in [0.5, 0.6) is 0 Å². The minimum absolute atomic E-state index is 0.204. The molecule has 0 saturated heterocycles. The number of carbonyl (C=O) groups is 4. The van der Waals surface area contributed by atoms with Gasteiger partial charge in [0.25, 0.3) is 0 Å². The molecule has 1 unspecified atom stereocenters. The largest absolute Gasteiger partial charge is 0.478 e. The van der Waals surface area contributed by atoms with Crippen LogP contribution in [0.3, 0.4) is 0 Å². The monoisotopic (exact) mass is 438 g/mol. The molecule has 0 fully saturated rings. The van der Waals surface area contributed by atoms with E-state index >= 15 is 0 Å². The highest BCUT2D eigenvalue weighted by Gasteiger charge is 2.21. The van der Waals surface area contributed by atoms with E-state index in [9.17, 15) is 19.2 Å². The Morgan fingerprint density at radius 3 is 1.61 bits per heavy atom. The van der Waals surface area contributed by atoms with Gasteiger partial charge in [-0.3, -0.25) is 4.79 Å². The lowest BCUT2D eigenvalue weighted by Gasteiger charge is -2.13. The van der Waals surface area contributed by atoms with Crippen LogP contribution in [-0.4, -0.2) is 35.2 Å². The highest BCUT2D eigenvalue weighted by atomic mass is 16.5. The lowest BCUT2D eigenvalue weighted by molar-refractivity contribution is -0.151. The number of Topliss-reactive ketones (excluding diaryl/α,β-unsaturated/α-hetero) is 1. The fourth-order valence-electron chi connectivity index (χ4n) is 3.48. The first-order valence-corrected chi connectivity index (χ1v) is 12.1. The molecule has 0 saturated carbocycles. The van der Waals surface area contributed by atoms with Crippen LogP contribution in [-0.2, 0) is 23.9 Å². The fourth-order valence-corrected chi connectivity index (χ4v) is 3.48. The van der Waals surface area contributed by atoms with Crippen molar-refractivity contribution in [3.63, 3.8) is 0 Å². The third kappa shape index (κ3) is 19.7. The Hall–Kier alpha value is -1.98. The van der Waals surface area contributed by atoms with Crippen LogP contribution in [0.4, 0.5) is 0 Å². The van der Waals surface area contributed by atoms with Gasteiger partial charge in [0.1, 0.15) is 6.29 Å². The van der Waals surface area contributed by atoms with Gasteiger partial charge in [0.15, 0.2) is 11.9 Å². The minimum atomic E-state index is -1.28. The van der Waals surface area contributed by atoms with Gasteiger partial charge in [0.05, 0.1) is 0 Å². The third-order valence-corrected chi connectivity index (χ3v) is 5.32. The summed E-state index contributed by atoms with van der Waals surface area (Å²) in [4.78, 5) is 44.8. The summed E-state index contributed by atoms with van der Waals surface area (Å²) in [7, 11) is 0. The molecule has 31 heavy (non-hydrogen) atoms.